The SMILES string of the molecule is CC1CCC(CCNCCc2ccncc2)CC1. The van der Waals surface area contributed by atoms with Gasteiger partial charge < -0.3 is 5.32 Å². The highest BCUT2D eigenvalue weighted by Crippen LogP contribution is 2.29. The van der Waals surface area contributed by atoms with Crippen LogP contribution in [0, 0.1) is 11.8 Å². The van der Waals surface area contributed by atoms with Crippen LogP contribution in [0.25, 0.3) is 0 Å². The maximum absolute atomic E-state index is 4.04. The fourth-order valence-electron chi connectivity index (χ4n) is 2.83. The predicted molar refractivity (Wildman–Crippen MR) is 76.5 cm³/mol. The fraction of sp³-hybridized carbons (Fsp3) is 0.688. The van der Waals surface area contributed by atoms with E-state index in [1.807, 2.05) is 12.4 Å². The van der Waals surface area contributed by atoms with Gasteiger partial charge in [0.25, 0.3) is 0 Å². The van der Waals surface area contributed by atoms with E-state index in [4.69, 9.17) is 0 Å². The molecule has 1 fully saturated rings. The molecule has 0 aromatic carbocycles. The van der Waals surface area contributed by atoms with Gasteiger partial charge in [0.05, 0.1) is 0 Å². The van der Waals surface area contributed by atoms with Gasteiger partial charge in [-0.25, -0.2) is 0 Å². The van der Waals surface area contributed by atoms with Crippen LogP contribution in [0.2, 0.25) is 0 Å². The van der Waals surface area contributed by atoms with Crippen molar-refractivity contribution in [1.29, 1.82) is 0 Å². The van der Waals surface area contributed by atoms with E-state index < -0.39 is 0 Å². The van der Waals surface area contributed by atoms with Gasteiger partial charge in [-0.05, 0) is 55.5 Å². The van der Waals surface area contributed by atoms with Crippen molar-refractivity contribution in [2.45, 2.75) is 45.4 Å². The number of rotatable bonds is 6. The molecule has 0 saturated heterocycles. The van der Waals surface area contributed by atoms with Crippen LogP contribution in [0.4, 0.5) is 0 Å². The van der Waals surface area contributed by atoms with E-state index in [0.29, 0.717) is 0 Å². The lowest BCUT2D eigenvalue weighted by molar-refractivity contribution is 0.275. The van der Waals surface area contributed by atoms with E-state index in [-0.39, 0.29) is 0 Å². The van der Waals surface area contributed by atoms with Crippen LogP contribution >= 0.6 is 0 Å². The zero-order valence-electron chi connectivity index (χ0n) is 11.6. The highest BCUT2D eigenvalue weighted by molar-refractivity contribution is 5.09. The Hall–Kier alpha value is -0.890. The summed E-state index contributed by atoms with van der Waals surface area (Å²) in [6.45, 7) is 4.67. The largest absolute Gasteiger partial charge is 0.316 e. The highest BCUT2D eigenvalue weighted by atomic mass is 14.8. The molecule has 0 amide bonds. The van der Waals surface area contributed by atoms with E-state index >= 15 is 0 Å². The molecule has 0 spiro atoms. The topological polar surface area (TPSA) is 24.9 Å². The standard InChI is InChI=1S/C16H26N2/c1-14-2-4-15(5-3-14)6-10-17-11-7-16-8-12-18-13-9-16/h8-9,12-15,17H,2-7,10-11H2,1H3. The summed E-state index contributed by atoms with van der Waals surface area (Å²) in [5.41, 5.74) is 1.38. The third kappa shape index (κ3) is 4.77. The lowest BCUT2D eigenvalue weighted by Gasteiger charge is -2.26. The molecule has 2 nitrogen and oxygen atoms in total. The summed E-state index contributed by atoms with van der Waals surface area (Å²) in [6, 6.07) is 4.20. The molecular weight excluding hydrogens is 220 g/mol. The smallest absolute Gasteiger partial charge is 0.0270 e. The lowest BCUT2D eigenvalue weighted by atomic mass is 9.81. The van der Waals surface area contributed by atoms with Crippen LogP contribution in [-0.2, 0) is 6.42 Å². The number of aromatic nitrogens is 1. The van der Waals surface area contributed by atoms with Crippen molar-refractivity contribution in [3.8, 4) is 0 Å². The maximum atomic E-state index is 4.04. The quantitative estimate of drug-likeness (QED) is 0.778. The molecule has 2 heteroatoms. The molecule has 0 aliphatic heterocycles. The number of nitrogens with one attached hydrogen (secondary N) is 1. The summed E-state index contributed by atoms with van der Waals surface area (Å²) >= 11 is 0. The summed E-state index contributed by atoms with van der Waals surface area (Å²) in [5, 5.41) is 3.57. The molecule has 18 heavy (non-hydrogen) atoms. The Balaban J connectivity index is 1.51. The van der Waals surface area contributed by atoms with Gasteiger partial charge in [-0.3, -0.25) is 4.98 Å². The van der Waals surface area contributed by atoms with Crippen molar-refractivity contribution in [2.75, 3.05) is 13.1 Å². The first-order valence-corrected chi connectivity index (χ1v) is 7.44. The van der Waals surface area contributed by atoms with Crippen molar-refractivity contribution < 1.29 is 0 Å². The number of pyridine rings is 1. The molecular formula is C16H26N2. The second-order valence-electron chi connectivity index (χ2n) is 5.77. The van der Waals surface area contributed by atoms with Gasteiger partial charge in [0.2, 0.25) is 0 Å². The third-order valence-corrected chi connectivity index (χ3v) is 4.20. The summed E-state index contributed by atoms with van der Waals surface area (Å²) < 4.78 is 0. The molecule has 1 aliphatic rings. The zero-order chi connectivity index (χ0) is 12.6. The van der Waals surface area contributed by atoms with Crippen LogP contribution in [0.1, 0.15) is 44.6 Å². The van der Waals surface area contributed by atoms with Crippen LogP contribution in [0.5, 0.6) is 0 Å². The maximum Gasteiger partial charge on any atom is 0.0270 e. The molecule has 1 heterocycles. The Kier molecular flexibility index (Phi) is 5.66. The molecule has 1 aliphatic carbocycles. The van der Waals surface area contributed by atoms with Gasteiger partial charge in [-0.1, -0.05) is 32.6 Å². The van der Waals surface area contributed by atoms with E-state index in [9.17, 15) is 0 Å². The fourth-order valence-corrected chi connectivity index (χ4v) is 2.83. The van der Waals surface area contributed by atoms with Crippen molar-refractivity contribution in [3.63, 3.8) is 0 Å². The summed E-state index contributed by atoms with van der Waals surface area (Å²) in [5.74, 6) is 1.95. The summed E-state index contributed by atoms with van der Waals surface area (Å²) in [4.78, 5) is 4.04. The predicted octanol–water partition coefficient (Wildman–Crippen LogP) is 3.43. The van der Waals surface area contributed by atoms with Crippen molar-refractivity contribution in [2.24, 2.45) is 11.8 Å². The van der Waals surface area contributed by atoms with Gasteiger partial charge in [-0.15, -0.1) is 0 Å². The Morgan fingerprint density at radius 3 is 2.56 bits per heavy atom. The minimum absolute atomic E-state index is 0.973. The van der Waals surface area contributed by atoms with E-state index in [1.165, 1.54) is 44.2 Å². The first kappa shape index (κ1) is 13.5. The minimum atomic E-state index is 0.973. The molecule has 100 valence electrons. The molecule has 1 saturated carbocycles. The molecule has 1 aromatic heterocycles. The monoisotopic (exact) mass is 246 g/mol. The van der Waals surface area contributed by atoms with Crippen molar-refractivity contribution >= 4 is 0 Å². The Morgan fingerprint density at radius 2 is 1.83 bits per heavy atom. The molecule has 0 unspecified atom stereocenters. The van der Waals surface area contributed by atoms with E-state index in [1.54, 1.807) is 0 Å². The van der Waals surface area contributed by atoms with E-state index in [2.05, 4.69) is 29.4 Å². The van der Waals surface area contributed by atoms with Gasteiger partial charge in [0.1, 0.15) is 0 Å². The van der Waals surface area contributed by atoms with Crippen molar-refractivity contribution in [1.82, 2.24) is 10.3 Å². The molecule has 0 bridgehead atoms. The number of hydrogen-bond acceptors (Lipinski definition) is 2. The van der Waals surface area contributed by atoms with Gasteiger partial charge in [0, 0.05) is 12.4 Å². The summed E-state index contributed by atoms with van der Waals surface area (Å²) in [6.07, 6.45) is 12.0. The second-order valence-corrected chi connectivity index (χ2v) is 5.77. The van der Waals surface area contributed by atoms with Crippen molar-refractivity contribution in [3.05, 3.63) is 30.1 Å². The van der Waals surface area contributed by atoms with Gasteiger partial charge in [-0.2, -0.15) is 0 Å². The Labute approximate surface area is 111 Å². The molecule has 1 N–H and O–H groups in total. The Morgan fingerprint density at radius 1 is 1.11 bits per heavy atom. The minimum Gasteiger partial charge on any atom is -0.316 e. The highest BCUT2D eigenvalue weighted by Gasteiger charge is 2.17. The van der Waals surface area contributed by atoms with Crippen LogP contribution in [-0.4, -0.2) is 18.1 Å². The van der Waals surface area contributed by atoms with Gasteiger partial charge >= 0.3 is 0 Å². The molecule has 1 aromatic rings. The molecule has 2 rings (SSSR count). The molecule has 0 atom stereocenters. The summed E-state index contributed by atoms with van der Waals surface area (Å²) in [7, 11) is 0. The van der Waals surface area contributed by atoms with Crippen LogP contribution in [0.3, 0.4) is 0 Å². The number of nitrogens with zero attached hydrogens (tertiary/aromatic N) is 1. The van der Waals surface area contributed by atoms with Gasteiger partial charge in [0.15, 0.2) is 0 Å². The first-order valence-electron chi connectivity index (χ1n) is 7.44. The second kappa shape index (κ2) is 7.52. The lowest BCUT2D eigenvalue weighted by Crippen LogP contribution is -2.22. The zero-order valence-corrected chi connectivity index (χ0v) is 11.6. The average molecular weight is 246 g/mol. The number of hydrogen-bond donors (Lipinski definition) is 1. The third-order valence-electron chi connectivity index (χ3n) is 4.20. The van der Waals surface area contributed by atoms with Crippen LogP contribution in [0.15, 0.2) is 24.5 Å². The first-order chi connectivity index (χ1) is 8.84. The molecule has 0 radical (unpaired) electrons. The van der Waals surface area contributed by atoms with E-state index in [0.717, 1.165) is 24.8 Å². The van der Waals surface area contributed by atoms with Crippen LogP contribution < -0.4 is 5.32 Å². The Bertz CT molecular complexity index is 315. The normalized spacial score (nSPS) is 24.1. The average Bonchev–Trinajstić information content (AvgIpc) is 2.42.